The molecule has 1 aliphatic heterocycles. The van der Waals surface area contributed by atoms with Gasteiger partial charge in [0.1, 0.15) is 0 Å². The summed E-state index contributed by atoms with van der Waals surface area (Å²) >= 11 is 0. The van der Waals surface area contributed by atoms with E-state index in [0.717, 1.165) is 19.1 Å². The quantitative estimate of drug-likeness (QED) is 0.891. The maximum Gasteiger partial charge on any atom is 0.416 e. The second-order valence-electron chi connectivity index (χ2n) is 5.26. The highest BCUT2D eigenvalue weighted by Crippen LogP contribution is 2.37. The largest absolute Gasteiger partial charge is 0.416 e. The molecule has 22 heavy (non-hydrogen) atoms. The van der Waals surface area contributed by atoms with E-state index < -0.39 is 39.6 Å². The lowest BCUT2D eigenvalue weighted by Crippen LogP contribution is -2.50. The van der Waals surface area contributed by atoms with E-state index in [0.29, 0.717) is 0 Å². The van der Waals surface area contributed by atoms with E-state index >= 15 is 0 Å². The minimum atomic E-state index is -4.66. The molecule has 0 saturated carbocycles. The summed E-state index contributed by atoms with van der Waals surface area (Å²) in [7, 11) is -1.02. The molecule has 4 nitrogen and oxygen atoms in total. The Morgan fingerprint density at radius 2 is 1.68 bits per heavy atom. The van der Waals surface area contributed by atoms with Crippen molar-refractivity contribution in [2.75, 3.05) is 24.6 Å². The molecule has 1 aliphatic rings. The molecule has 0 spiro atoms. The van der Waals surface area contributed by atoms with Gasteiger partial charge in [0.15, 0.2) is 5.60 Å². The van der Waals surface area contributed by atoms with Crippen molar-refractivity contribution in [2.24, 2.45) is 0 Å². The molecule has 0 radical (unpaired) electrons. The van der Waals surface area contributed by atoms with Gasteiger partial charge in [0.05, 0.1) is 5.56 Å². The summed E-state index contributed by atoms with van der Waals surface area (Å²) in [5.41, 5.74) is -3.79. The molecule has 1 fully saturated rings. The Balaban J connectivity index is 2.34. The van der Waals surface area contributed by atoms with Crippen molar-refractivity contribution in [2.45, 2.75) is 18.7 Å². The molecule has 1 amide bonds. The number of rotatable bonds is 2. The first-order valence-corrected chi connectivity index (χ1v) is 8.16. The Morgan fingerprint density at radius 1 is 1.18 bits per heavy atom. The molecular weight excluding hydrogens is 319 g/mol. The zero-order valence-corrected chi connectivity index (χ0v) is 12.7. The first-order valence-electron chi connectivity index (χ1n) is 6.67. The van der Waals surface area contributed by atoms with Crippen molar-refractivity contribution < 1.29 is 27.3 Å². The minimum absolute atomic E-state index is 0.162. The number of halogens is 3. The molecule has 2 rings (SSSR count). The van der Waals surface area contributed by atoms with Crippen LogP contribution in [0.4, 0.5) is 13.2 Å². The number of nitrogens with zero attached hydrogens (tertiary/aromatic N) is 1. The molecule has 0 aliphatic carbocycles. The molecule has 0 unspecified atom stereocenters. The van der Waals surface area contributed by atoms with Crippen LogP contribution in [-0.2, 0) is 27.4 Å². The third-order valence-electron chi connectivity index (χ3n) is 3.64. The number of amides is 1. The monoisotopic (exact) mass is 335 g/mol. The third kappa shape index (κ3) is 3.33. The molecule has 122 valence electrons. The van der Waals surface area contributed by atoms with E-state index in [-0.39, 0.29) is 24.6 Å². The average molecular weight is 335 g/mol. The highest BCUT2D eigenvalue weighted by atomic mass is 32.2. The highest BCUT2D eigenvalue weighted by molar-refractivity contribution is 7.85. The van der Waals surface area contributed by atoms with Crippen LogP contribution in [0.5, 0.6) is 0 Å². The molecule has 1 aromatic rings. The van der Waals surface area contributed by atoms with Gasteiger partial charge >= 0.3 is 6.18 Å². The zero-order chi connectivity index (χ0) is 16.5. The number of alkyl halides is 3. The van der Waals surface area contributed by atoms with E-state index in [9.17, 15) is 27.3 Å². The average Bonchev–Trinajstić information content (AvgIpc) is 2.46. The molecule has 1 atom stereocenters. The predicted octanol–water partition coefficient (Wildman–Crippen LogP) is 1.50. The van der Waals surface area contributed by atoms with E-state index in [2.05, 4.69) is 0 Å². The lowest BCUT2D eigenvalue weighted by Gasteiger charge is -2.34. The Bertz CT molecular complexity index is 591. The number of carbonyl (C=O) groups excluding carboxylic acids is 1. The summed E-state index contributed by atoms with van der Waals surface area (Å²) in [6, 6.07) is 4.49. The van der Waals surface area contributed by atoms with Crippen molar-refractivity contribution in [1.29, 1.82) is 0 Å². The van der Waals surface area contributed by atoms with E-state index in [1.54, 1.807) is 0 Å². The van der Waals surface area contributed by atoms with Crippen LogP contribution in [0.25, 0.3) is 0 Å². The van der Waals surface area contributed by atoms with Gasteiger partial charge in [-0.1, -0.05) is 18.2 Å². The van der Waals surface area contributed by atoms with Gasteiger partial charge in [0.25, 0.3) is 5.91 Å². The van der Waals surface area contributed by atoms with Crippen LogP contribution in [0.3, 0.4) is 0 Å². The van der Waals surface area contributed by atoms with Crippen LogP contribution < -0.4 is 0 Å². The Morgan fingerprint density at radius 3 is 2.18 bits per heavy atom. The fraction of sp³-hybridized carbons (Fsp3) is 0.500. The van der Waals surface area contributed by atoms with Crippen LogP contribution in [0.1, 0.15) is 18.1 Å². The lowest BCUT2D eigenvalue weighted by atomic mass is 9.89. The molecule has 1 aromatic carbocycles. The van der Waals surface area contributed by atoms with Crippen LogP contribution in [0, 0.1) is 0 Å². The number of aliphatic hydroxyl groups is 1. The Hall–Kier alpha value is -1.41. The van der Waals surface area contributed by atoms with E-state index in [1.807, 2.05) is 0 Å². The van der Waals surface area contributed by atoms with Crippen molar-refractivity contribution >= 4 is 16.7 Å². The van der Waals surface area contributed by atoms with Crippen molar-refractivity contribution in [1.82, 2.24) is 4.90 Å². The standard InChI is InChI=1S/C14H16F3NO3S/c1-13(20,12(19)18-6-8-22(21)9-7-18)10-4-2-3-5-11(10)14(15,16)17/h2-5,20H,6-9H2,1H3/t13-/m0/s1. The van der Waals surface area contributed by atoms with Crippen LogP contribution in [0.15, 0.2) is 24.3 Å². The summed E-state index contributed by atoms with van der Waals surface area (Å²) in [6.45, 7) is 1.39. The first kappa shape index (κ1) is 17.0. The molecule has 1 N–H and O–H groups in total. The van der Waals surface area contributed by atoms with Crippen molar-refractivity contribution in [3.05, 3.63) is 35.4 Å². The smallest absolute Gasteiger partial charge is 0.376 e. The van der Waals surface area contributed by atoms with Crippen LogP contribution in [0.2, 0.25) is 0 Å². The van der Waals surface area contributed by atoms with Crippen molar-refractivity contribution in [3.63, 3.8) is 0 Å². The van der Waals surface area contributed by atoms with Gasteiger partial charge in [0.2, 0.25) is 0 Å². The van der Waals surface area contributed by atoms with Gasteiger partial charge in [-0.3, -0.25) is 9.00 Å². The van der Waals surface area contributed by atoms with Crippen LogP contribution in [-0.4, -0.2) is 44.7 Å². The fourth-order valence-electron chi connectivity index (χ4n) is 2.42. The number of carbonyl (C=O) groups is 1. The summed E-state index contributed by atoms with van der Waals surface area (Å²) in [6.07, 6.45) is -4.66. The van der Waals surface area contributed by atoms with Gasteiger partial charge in [-0.15, -0.1) is 0 Å². The normalized spacial score (nSPS) is 19.8. The van der Waals surface area contributed by atoms with E-state index in [1.165, 1.54) is 17.0 Å². The summed E-state index contributed by atoms with van der Waals surface area (Å²) < 4.78 is 50.5. The van der Waals surface area contributed by atoms with Gasteiger partial charge in [-0.25, -0.2) is 0 Å². The topological polar surface area (TPSA) is 57.6 Å². The zero-order valence-electron chi connectivity index (χ0n) is 11.9. The highest BCUT2D eigenvalue weighted by Gasteiger charge is 2.44. The molecule has 1 heterocycles. The molecule has 1 saturated heterocycles. The second kappa shape index (κ2) is 6.00. The number of hydrogen-bond donors (Lipinski definition) is 1. The van der Waals surface area contributed by atoms with E-state index in [4.69, 9.17) is 0 Å². The second-order valence-corrected chi connectivity index (χ2v) is 6.95. The fourth-order valence-corrected chi connectivity index (χ4v) is 3.47. The Labute approximate surface area is 128 Å². The molecule has 0 bridgehead atoms. The number of hydrogen-bond acceptors (Lipinski definition) is 3. The SMILES string of the molecule is C[C@@](O)(C(=O)N1CCS(=O)CC1)c1ccccc1C(F)(F)F. The van der Waals surface area contributed by atoms with Gasteiger partial charge in [-0.2, -0.15) is 13.2 Å². The molecule has 0 aromatic heterocycles. The first-order chi connectivity index (χ1) is 10.1. The lowest BCUT2D eigenvalue weighted by molar-refractivity contribution is -0.153. The summed E-state index contributed by atoms with van der Waals surface area (Å²) in [4.78, 5) is 13.7. The Kier molecular flexibility index (Phi) is 4.62. The number of benzene rings is 1. The van der Waals surface area contributed by atoms with Crippen LogP contribution >= 0.6 is 0 Å². The maximum absolute atomic E-state index is 13.1. The summed E-state index contributed by atoms with van der Waals surface area (Å²) in [5, 5.41) is 10.4. The predicted molar refractivity (Wildman–Crippen MR) is 75.5 cm³/mol. The minimum Gasteiger partial charge on any atom is -0.376 e. The van der Waals surface area contributed by atoms with Gasteiger partial charge in [-0.05, 0) is 13.0 Å². The van der Waals surface area contributed by atoms with Gasteiger partial charge < -0.3 is 10.0 Å². The third-order valence-corrected chi connectivity index (χ3v) is 4.91. The van der Waals surface area contributed by atoms with Crippen molar-refractivity contribution in [3.8, 4) is 0 Å². The molecular formula is C14H16F3NO3S. The molecule has 8 heteroatoms. The summed E-state index contributed by atoms with van der Waals surface area (Å²) in [5.74, 6) is -0.272. The maximum atomic E-state index is 13.1. The van der Waals surface area contributed by atoms with Gasteiger partial charge in [0, 0.05) is 41.0 Å².